The molecule has 404 valence electrons. The molecule has 77 heavy (non-hydrogen) atoms. The fourth-order valence-electron chi connectivity index (χ4n) is 7.74. The number of morpholine rings is 1. The molecule has 21 heteroatoms. The zero-order valence-corrected chi connectivity index (χ0v) is 43.6. The van der Waals surface area contributed by atoms with Crippen molar-refractivity contribution in [2.75, 3.05) is 85.0 Å². The van der Waals surface area contributed by atoms with E-state index in [1.807, 2.05) is 30.3 Å². The molecule has 8 rings (SSSR count). The van der Waals surface area contributed by atoms with Gasteiger partial charge in [-0.15, -0.1) is 0 Å². The van der Waals surface area contributed by atoms with Gasteiger partial charge < -0.3 is 53.8 Å². The molecule has 4 amide bonds. The van der Waals surface area contributed by atoms with Crippen molar-refractivity contribution >= 4 is 57.0 Å². The van der Waals surface area contributed by atoms with E-state index in [1.54, 1.807) is 63.4 Å². The van der Waals surface area contributed by atoms with Crippen LogP contribution in [0, 0.1) is 11.6 Å². The number of carbonyl (C=O) groups is 4. The molecular formula is C56H59F2N7O12. The summed E-state index contributed by atoms with van der Waals surface area (Å²) in [4.78, 5) is 62.1. The van der Waals surface area contributed by atoms with Crippen LogP contribution >= 0.6 is 0 Å². The second-order valence-corrected chi connectivity index (χ2v) is 18.1. The minimum atomic E-state index is -0.883. The van der Waals surface area contributed by atoms with Crippen molar-refractivity contribution in [3.8, 4) is 46.0 Å². The van der Waals surface area contributed by atoms with Crippen molar-refractivity contribution < 1.29 is 65.9 Å². The maximum atomic E-state index is 15.1. The number of anilines is 2. The van der Waals surface area contributed by atoms with Crippen molar-refractivity contribution in [3.05, 3.63) is 133 Å². The van der Waals surface area contributed by atoms with E-state index in [1.165, 1.54) is 63.8 Å². The lowest BCUT2D eigenvalue weighted by atomic mass is 10.2. The predicted octanol–water partition coefficient (Wildman–Crippen LogP) is 9.13. The topological polar surface area (TPSA) is 210 Å². The van der Waals surface area contributed by atoms with Crippen LogP contribution in [0.15, 0.2) is 116 Å². The Morgan fingerprint density at radius 2 is 1.13 bits per heavy atom. The van der Waals surface area contributed by atoms with Gasteiger partial charge in [0.25, 0.3) is 0 Å². The summed E-state index contributed by atoms with van der Waals surface area (Å²) >= 11 is 0. The van der Waals surface area contributed by atoms with E-state index in [0.29, 0.717) is 82.6 Å². The first-order valence-corrected chi connectivity index (χ1v) is 24.2. The monoisotopic (exact) mass is 1060 g/mol. The van der Waals surface area contributed by atoms with E-state index in [2.05, 4.69) is 30.8 Å². The van der Waals surface area contributed by atoms with Crippen LogP contribution in [0.5, 0.6) is 46.0 Å². The lowest BCUT2D eigenvalue weighted by Gasteiger charge is -2.27. The van der Waals surface area contributed by atoms with Crippen LogP contribution in [0.4, 0.5) is 25.0 Å². The molecule has 1 aliphatic heterocycles. The number of aromatic nitrogens is 2. The normalized spacial score (nSPS) is 12.3. The molecule has 1 aliphatic rings. The highest BCUT2D eigenvalue weighted by Gasteiger charge is 2.25. The molecule has 0 radical (unpaired) electrons. The molecule has 0 bridgehead atoms. The molecule has 0 atom stereocenters. The number of nitrogens with zero attached hydrogens (tertiary/aromatic N) is 4. The lowest BCUT2D eigenvalue weighted by molar-refractivity contribution is -0.136. The van der Waals surface area contributed by atoms with Crippen LogP contribution in [0.25, 0.3) is 21.8 Å². The number of methoxy groups -OCH3 is 4. The van der Waals surface area contributed by atoms with Crippen LogP contribution in [0.1, 0.15) is 26.3 Å². The predicted molar refractivity (Wildman–Crippen MR) is 283 cm³/mol. The summed E-state index contributed by atoms with van der Waals surface area (Å²) < 4.78 is 73.7. The molecule has 0 unspecified atom stereocenters. The summed E-state index contributed by atoms with van der Waals surface area (Å²) in [5.41, 5.74) is 1.58. The number of ether oxygens (including phenoxy) is 8. The molecule has 0 spiro atoms. The van der Waals surface area contributed by atoms with Crippen molar-refractivity contribution in [3.63, 3.8) is 0 Å². The quantitative estimate of drug-likeness (QED) is 0.0726. The lowest BCUT2D eigenvalue weighted by Crippen LogP contribution is -2.43. The first-order valence-electron chi connectivity index (χ1n) is 24.2. The number of pyridine rings is 2. The van der Waals surface area contributed by atoms with Crippen LogP contribution < -0.4 is 44.4 Å². The van der Waals surface area contributed by atoms with Gasteiger partial charge in [-0.3, -0.25) is 34.2 Å². The van der Waals surface area contributed by atoms with Gasteiger partial charge in [-0.2, -0.15) is 0 Å². The fourth-order valence-corrected chi connectivity index (χ4v) is 7.74. The van der Waals surface area contributed by atoms with E-state index < -0.39 is 41.1 Å². The van der Waals surface area contributed by atoms with Crippen molar-refractivity contribution in [1.29, 1.82) is 0 Å². The van der Waals surface area contributed by atoms with E-state index in [4.69, 9.17) is 37.9 Å². The van der Waals surface area contributed by atoms with Gasteiger partial charge in [0.2, 0.25) is 5.91 Å². The summed E-state index contributed by atoms with van der Waals surface area (Å²) in [6.45, 7) is 8.94. The Labute approximate surface area is 443 Å². The number of hydrogen-bond acceptors (Lipinski definition) is 15. The highest BCUT2D eigenvalue weighted by molar-refractivity contribution is 6.39. The van der Waals surface area contributed by atoms with Crippen molar-refractivity contribution in [1.82, 2.24) is 25.1 Å². The van der Waals surface area contributed by atoms with Gasteiger partial charge in [0.15, 0.2) is 46.1 Å². The number of fused-ring (bicyclic) bond motifs is 2. The van der Waals surface area contributed by atoms with E-state index in [-0.39, 0.29) is 36.0 Å². The van der Waals surface area contributed by atoms with Gasteiger partial charge in [-0.25, -0.2) is 13.6 Å². The van der Waals surface area contributed by atoms with E-state index in [9.17, 15) is 23.6 Å². The highest BCUT2D eigenvalue weighted by atomic mass is 19.1. The van der Waals surface area contributed by atoms with Gasteiger partial charge >= 0.3 is 17.9 Å². The van der Waals surface area contributed by atoms with E-state index >= 15 is 4.39 Å². The van der Waals surface area contributed by atoms with Gasteiger partial charge in [-0.05, 0) is 74.9 Å². The summed E-state index contributed by atoms with van der Waals surface area (Å²) in [6, 6.07) is 27.2. The van der Waals surface area contributed by atoms with Gasteiger partial charge in [0.1, 0.15) is 23.6 Å². The average Bonchev–Trinajstić information content (AvgIpc) is 3.42. The number of rotatable bonds is 17. The number of carbonyl (C=O) groups excluding carboxylic acids is 4. The number of hydrogen-bond donors (Lipinski definition) is 3. The Kier molecular flexibility index (Phi) is 19.0. The Morgan fingerprint density at radius 1 is 0.623 bits per heavy atom. The molecular weight excluding hydrogens is 1000 g/mol. The third-order valence-corrected chi connectivity index (χ3v) is 11.5. The molecule has 2 aromatic heterocycles. The molecule has 3 heterocycles. The molecule has 3 N–H and O–H groups in total. The number of amides is 4. The van der Waals surface area contributed by atoms with Crippen LogP contribution in [-0.4, -0.2) is 124 Å². The number of nitrogens with one attached hydrogen (secondary N) is 3. The fraction of sp³-hybridized carbons (Fsp3) is 0.286. The Bertz CT molecular complexity index is 3210. The summed E-state index contributed by atoms with van der Waals surface area (Å²) in [6.07, 6.45) is 2.45. The molecule has 19 nitrogen and oxygen atoms in total. The smallest absolute Gasteiger partial charge is 0.411 e. The Balaban J connectivity index is 0.000000225. The Hall–Kier alpha value is -8.82. The maximum Gasteiger partial charge on any atom is 0.411 e. The van der Waals surface area contributed by atoms with Gasteiger partial charge in [0, 0.05) is 91.5 Å². The van der Waals surface area contributed by atoms with Crippen LogP contribution in [0.2, 0.25) is 0 Å². The standard InChI is InChI=1S/C31H32FN3O6.C25H27FN4O6/c1-31(2,3)41-30(37)35(18-20-9-7-6-8-10-20)19-29(36)34-21-11-12-26(23(32)15-21)40-25-13-14-33-24-17-28(39-5)27(38-4)16-22(24)25;1-33-22-14-17-19(15-23(22)34-2)27-6-5-20(17)36-21-4-3-16(13-18(21)26)29-25(32)24(31)28-7-8-30-9-11-35-12-10-30/h6-17H,18-19H2,1-5H3,(H,34,36);3-6,13-15H,7-12H2,1-2H3,(H,28,31)(H,29,32). The molecule has 5 aromatic carbocycles. The van der Waals surface area contributed by atoms with E-state index in [0.717, 1.165) is 30.8 Å². The zero-order chi connectivity index (χ0) is 55.1. The highest BCUT2D eigenvalue weighted by Crippen LogP contribution is 2.39. The molecule has 1 saturated heterocycles. The van der Waals surface area contributed by atoms with Gasteiger partial charge in [-0.1, -0.05) is 30.3 Å². The number of benzene rings is 5. The first kappa shape index (κ1) is 55.9. The van der Waals surface area contributed by atoms with Crippen LogP contribution in [-0.2, 0) is 30.4 Å². The second kappa shape index (κ2) is 26.1. The molecule has 7 aromatic rings. The summed E-state index contributed by atoms with van der Waals surface area (Å²) in [7, 11) is 6.08. The third-order valence-electron chi connectivity index (χ3n) is 11.5. The van der Waals surface area contributed by atoms with Crippen LogP contribution in [0.3, 0.4) is 0 Å². The zero-order valence-electron chi connectivity index (χ0n) is 43.6. The second-order valence-electron chi connectivity index (χ2n) is 18.1. The largest absolute Gasteiger partial charge is 0.493 e. The summed E-state index contributed by atoms with van der Waals surface area (Å²) in [5.74, 6) is -1.03. The first-order chi connectivity index (χ1) is 37.0. The molecule has 0 saturated carbocycles. The molecule has 0 aliphatic carbocycles. The number of halogens is 2. The molecule has 1 fully saturated rings. The minimum Gasteiger partial charge on any atom is -0.493 e. The van der Waals surface area contributed by atoms with Gasteiger partial charge in [0.05, 0.1) is 52.7 Å². The SMILES string of the molecule is COc1cc2nccc(Oc3ccc(NC(=O)C(=O)NCCN4CCOCC4)cc3F)c2cc1OC.COc1cc2nccc(Oc3ccc(NC(=O)CN(Cc4ccccc4)C(=O)OC(C)(C)C)cc3F)c2cc1OC. The third kappa shape index (κ3) is 15.4. The van der Waals surface area contributed by atoms with Crippen molar-refractivity contribution in [2.24, 2.45) is 0 Å². The Morgan fingerprint density at radius 3 is 1.62 bits per heavy atom. The maximum absolute atomic E-state index is 15.1. The van der Waals surface area contributed by atoms with Crippen molar-refractivity contribution in [2.45, 2.75) is 32.9 Å². The average molecular weight is 1060 g/mol. The minimum absolute atomic E-state index is 0.0512. The summed E-state index contributed by atoms with van der Waals surface area (Å²) in [5, 5.41) is 8.80.